The highest BCUT2D eigenvalue weighted by atomic mass is 19.4. The van der Waals surface area contributed by atoms with Gasteiger partial charge in [0.1, 0.15) is 5.56 Å². The van der Waals surface area contributed by atoms with Gasteiger partial charge < -0.3 is 9.13 Å². The number of hydrogen-bond acceptors (Lipinski definition) is 2. The van der Waals surface area contributed by atoms with Crippen LogP contribution in [0.3, 0.4) is 0 Å². The number of nitrogens with zero attached hydrogens (tertiary/aromatic N) is 2. The minimum Gasteiger partial charge on any atom is -0.319 e. The minimum absolute atomic E-state index is 0.0845. The molecule has 2 heterocycles. The number of aryl methyl sites for hydroxylation is 1. The molecule has 106 valence electrons. The summed E-state index contributed by atoms with van der Waals surface area (Å²) in [5, 5.41) is 0. The molecule has 4 nitrogen and oxygen atoms in total. The van der Waals surface area contributed by atoms with Crippen molar-refractivity contribution in [3.63, 3.8) is 0 Å². The smallest absolute Gasteiger partial charge is 0.319 e. The van der Waals surface area contributed by atoms with Gasteiger partial charge in [-0.15, -0.1) is 0 Å². The molecule has 0 spiro atoms. The molecule has 0 radical (unpaired) electrons. The Kier molecular flexibility index (Phi) is 3.52. The summed E-state index contributed by atoms with van der Waals surface area (Å²) in [7, 11) is 1.56. The topological polar surface area (TPSA) is 44.0 Å². The molecule has 0 aliphatic carbocycles. The Morgan fingerprint density at radius 2 is 1.85 bits per heavy atom. The number of halogens is 3. The molecular formula is C13H11F3N2O2. The molecule has 20 heavy (non-hydrogen) atoms. The lowest BCUT2D eigenvalue weighted by Gasteiger charge is -2.10. The van der Waals surface area contributed by atoms with E-state index in [-0.39, 0.29) is 12.1 Å². The van der Waals surface area contributed by atoms with Crippen LogP contribution in [0.5, 0.6) is 0 Å². The highest BCUT2D eigenvalue weighted by molar-refractivity contribution is 5.17. The highest BCUT2D eigenvalue weighted by Gasteiger charge is 2.34. The third kappa shape index (κ3) is 2.81. The maximum Gasteiger partial charge on any atom is 0.421 e. The minimum atomic E-state index is -4.69. The summed E-state index contributed by atoms with van der Waals surface area (Å²) >= 11 is 0. The summed E-state index contributed by atoms with van der Waals surface area (Å²) in [5.41, 5.74) is -2.17. The fraction of sp³-hybridized carbons (Fsp3) is 0.231. The van der Waals surface area contributed by atoms with Gasteiger partial charge in [0.2, 0.25) is 0 Å². The Hall–Kier alpha value is -2.31. The van der Waals surface area contributed by atoms with Crippen LogP contribution in [0.1, 0.15) is 11.1 Å². The predicted octanol–water partition coefficient (Wildman–Crippen LogP) is 1.61. The lowest BCUT2D eigenvalue weighted by atomic mass is 10.2. The average molecular weight is 284 g/mol. The largest absolute Gasteiger partial charge is 0.421 e. The zero-order valence-electron chi connectivity index (χ0n) is 10.5. The summed E-state index contributed by atoms with van der Waals surface area (Å²) in [4.78, 5) is 23.2. The van der Waals surface area contributed by atoms with Gasteiger partial charge in [0.05, 0.1) is 6.54 Å². The first kappa shape index (κ1) is 14.1. The quantitative estimate of drug-likeness (QED) is 0.841. The number of pyridine rings is 2. The standard InChI is InChI=1S/C13H11F3N2O2/c1-17-6-4-9(7-11(17)19)8-18-5-2-3-10(12(18)20)13(14,15)16/h2-7H,8H2,1H3. The van der Waals surface area contributed by atoms with Gasteiger partial charge in [0.25, 0.3) is 11.1 Å². The van der Waals surface area contributed by atoms with Crippen molar-refractivity contribution in [2.45, 2.75) is 12.7 Å². The van der Waals surface area contributed by atoms with Crippen LogP contribution in [0.25, 0.3) is 0 Å². The van der Waals surface area contributed by atoms with Crippen LogP contribution >= 0.6 is 0 Å². The molecule has 2 aromatic heterocycles. The van der Waals surface area contributed by atoms with Crippen molar-refractivity contribution >= 4 is 0 Å². The van der Waals surface area contributed by atoms with E-state index in [1.165, 1.54) is 23.0 Å². The molecule has 0 fully saturated rings. The van der Waals surface area contributed by atoms with Crippen LogP contribution in [0.4, 0.5) is 13.2 Å². The molecule has 0 amide bonds. The van der Waals surface area contributed by atoms with Gasteiger partial charge in [-0.05, 0) is 23.8 Å². The lowest BCUT2D eigenvalue weighted by Crippen LogP contribution is -2.28. The second kappa shape index (κ2) is 4.99. The molecule has 0 atom stereocenters. The van der Waals surface area contributed by atoms with Crippen molar-refractivity contribution in [1.82, 2.24) is 9.13 Å². The van der Waals surface area contributed by atoms with Crippen molar-refractivity contribution in [3.8, 4) is 0 Å². The average Bonchev–Trinajstić information content (AvgIpc) is 2.35. The Labute approximate surface area is 111 Å². The fourth-order valence-electron chi connectivity index (χ4n) is 1.76. The third-order valence-electron chi connectivity index (χ3n) is 2.85. The second-order valence-electron chi connectivity index (χ2n) is 4.34. The molecule has 2 aromatic rings. The molecule has 0 N–H and O–H groups in total. The van der Waals surface area contributed by atoms with Crippen molar-refractivity contribution in [2.24, 2.45) is 7.05 Å². The first-order chi connectivity index (χ1) is 9.29. The molecule has 0 aromatic carbocycles. The van der Waals surface area contributed by atoms with E-state index >= 15 is 0 Å². The zero-order chi connectivity index (χ0) is 14.9. The highest BCUT2D eigenvalue weighted by Crippen LogP contribution is 2.25. The first-order valence-electron chi connectivity index (χ1n) is 5.71. The monoisotopic (exact) mass is 284 g/mol. The maximum absolute atomic E-state index is 12.6. The number of aromatic nitrogens is 2. The third-order valence-corrected chi connectivity index (χ3v) is 2.85. The zero-order valence-corrected chi connectivity index (χ0v) is 10.5. The van der Waals surface area contributed by atoms with Crippen LogP contribution in [-0.2, 0) is 19.8 Å². The molecule has 0 aliphatic heterocycles. The summed E-state index contributed by atoms with van der Waals surface area (Å²) in [6.45, 7) is -0.0845. The van der Waals surface area contributed by atoms with Crippen molar-refractivity contribution in [1.29, 1.82) is 0 Å². The molecule has 0 unspecified atom stereocenters. The second-order valence-corrected chi connectivity index (χ2v) is 4.34. The van der Waals surface area contributed by atoms with E-state index in [1.54, 1.807) is 13.1 Å². The van der Waals surface area contributed by atoms with Crippen molar-refractivity contribution < 1.29 is 13.2 Å². The van der Waals surface area contributed by atoms with Gasteiger partial charge in [0, 0.05) is 25.5 Å². The Bertz CT molecular complexity index is 744. The number of alkyl halides is 3. The Balaban J connectivity index is 2.42. The van der Waals surface area contributed by atoms with Crippen LogP contribution < -0.4 is 11.1 Å². The van der Waals surface area contributed by atoms with E-state index in [0.29, 0.717) is 5.56 Å². The summed E-state index contributed by atoms with van der Waals surface area (Å²) in [6, 6.07) is 4.76. The Morgan fingerprint density at radius 3 is 2.45 bits per heavy atom. The van der Waals surface area contributed by atoms with Crippen molar-refractivity contribution in [2.75, 3.05) is 0 Å². The van der Waals surface area contributed by atoms with Crippen LogP contribution in [0, 0.1) is 0 Å². The van der Waals surface area contributed by atoms with Gasteiger partial charge in [0.15, 0.2) is 0 Å². The summed E-state index contributed by atoms with van der Waals surface area (Å²) in [6.07, 6.45) is -1.93. The van der Waals surface area contributed by atoms with E-state index in [4.69, 9.17) is 0 Å². The lowest BCUT2D eigenvalue weighted by molar-refractivity contribution is -0.138. The van der Waals surface area contributed by atoms with Gasteiger partial charge in [-0.1, -0.05) is 0 Å². The fourth-order valence-corrected chi connectivity index (χ4v) is 1.76. The maximum atomic E-state index is 12.6. The van der Waals surface area contributed by atoms with E-state index in [9.17, 15) is 22.8 Å². The van der Waals surface area contributed by atoms with Crippen molar-refractivity contribution in [3.05, 3.63) is 68.5 Å². The summed E-state index contributed by atoms with van der Waals surface area (Å²) in [5.74, 6) is 0. The SMILES string of the molecule is Cn1ccc(Cn2cccc(C(F)(F)F)c2=O)cc1=O. The molecule has 0 bridgehead atoms. The number of rotatable bonds is 2. The van der Waals surface area contributed by atoms with Gasteiger partial charge in [-0.3, -0.25) is 9.59 Å². The normalized spacial score (nSPS) is 11.6. The van der Waals surface area contributed by atoms with Crippen LogP contribution in [-0.4, -0.2) is 9.13 Å². The van der Waals surface area contributed by atoms with Gasteiger partial charge >= 0.3 is 6.18 Å². The molecule has 0 saturated heterocycles. The van der Waals surface area contributed by atoms with E-state index in [2.05, 4.69) is 0 Å². The van der Waals surface area contributed by atoms with E-state index in [1.807, 2.05) is 0 Å². The van der Waals surface area contributed by atoms with Crippen LogP contribution in [0.15, 0.2) is 46.2 Å². The molecule has 2 rings (SSSR count). The number of hydrogen-bond donors (Lipinski definition) is 0. The van der Waals surface area contributed by atoms with Crippen LogP contribution in [0.2, 0.25) is 0 Å². The molecule has 0 saturated carbocycles. The van der Waals surface area contributed by atoms with E-state index in [0.717, 1.165) is 16.7 Å². The van der Waals surface area contributed by atoms with Gasteiger partial charge in [-0.2, -0.15) is 13.2 Å². The predicted molar refractivity (Wildman–Crippen MR) is 66.5 cm³/mol. The van der Waals surface area contributed by atoms with Gasteiger partial charge in [-0.25, -0.2) is 0 Å². The molecule has 0 aliphatic rings. The summed E-state index contributed by atoms with van der Waals surface area (Å²) < 4.78 is 40.1. The first-order valence-corrected chi connectivity index (χ1v) is 5.71. The molecular weight excluding hydrogens is 273 g/mol. The van der Waals surface area contributed by atoms with E-state index < -0.39 is 17.3 Å². The Morgan fingerprint density at radius 1 is 1.15 bits per heavy atom. The molecule has 7 heteroatoms.